The minimum absolute atomic E-state index is 0.0504. The molecule has 5 nitrogen and oxygen atoms in total. The smallest absolute Gasteiger partial charge is 0.458 e. The van der Waals surface area contributed by atoms with E-state index in [-0.39, 0.29) is 23.6 Å². The molecule has 2 aromatic rings. The van der Waals surface area contributed by atoms with Gasteiger partial charge in [0.2, 0.25) is 0 Å². The van der Waals surface area contributed by atoms with Crippen LogP contribution < -0.4 is 20.9 Å². The number of aromatic nitrogens is 1. The summed E-state index contributed by atoms with van der Waals surface area (Å²) >= 11 is 5.19. The Balaban J connectivity index is 2.28. The van der Waals surface area contributed by atoms with Crippen LogP contribution in [0.25, 0.3) is 5.70 Å². The van der Waals surface area contributed by atoms with Gasteiger partial charge in [-0.2, -0.15) is 22.0 Å². The number of halogens is 5. The highest BCUT2D eigenvalue weighted by molar-refractivity contribution is 7.80. The van der Waals surface area contributed by atoms with Crippen molar-refractivity contribution in [2.24, 2.45) is 0 Å². The summed E-state index contributed by atoms with van der Waals surface area (Å²) in [5, 5.41) is 6.18. The first kappa shape index (κ1) is 24.7. The Morgan fingerprint density at radius 1 is 1.12 bits per heavy atom. The SMILES string of the molecule is CCNC(=S)NCC1=C(n2ccccc2=O)c2cc(C(F)(F)C(F)(F)F)ccc2OC1(C)C. The molecule has 1 aliphatic rings. The highest BCUT2D eigenvalue weighted by Crippen LogP contribution is 2.47. The molecular formula is C22H22F5N3O2S. The lowest BCUT2D eigenvalue weighted by molar-refractivity contribution is -0.289. The van der Waals surface area contributed by atoms with Gasteiger partial charge in [0.15, 0.2) is 5.11 Å². The molecule has 33 heavy (non-hydrogen) atoms. The van der Waals surface area contributed by atoms with Gasteiger partial charge in [0.1, 0.15) is 11.4 Å². The zero-order valence-corrected chi connectivity index (χ0v) is 18.8. The second-order valence-electron chi connectivity index (χ2n) is 7.84. The lowest BCUT2D eigenvalue weighted by Gasteiger charge is -2.38. The summed E-state index contributed by atoms with van der Waals surface area (Å²) in [6.45, 7) is 5.85. The number of nitrogens with one attached hydrogen (secondary N) is 2. The van der Waals surface area contributed by atoms with Crippen LogP contribution in [0, 0.1) is 0 Å². The Hall–Kier alpha value is -2.95. The average molecular weight is 487 g/mol. The van der Waals surface area contributed by atoms with Crippen molar-refractivity contribution < 1.29 is 26.7 Å². The monoisotopic (exact) mass is 487 g/mol. The van der Waals surface area contributed by atoms with Gasteiger partial charge in [-0.05, 0) is 57.3 Å². The van der Waals surface area contributed by atoms with Crippen LogP contribution in [0.1, 0.15) is 31.9 Å². The molecule has 2 heterocycles. The van der Waals surface area contributed by atoms with Crippen molar-refractivity contribution in [1.82, 2.24) is 15.2 Å². The molecule has 1 aromatic heterocycles. The largest absolute Gasteiger partial charge is 0.483 e. The van der Waals surface area contributed by atoms with Gasteiger partial charge < -0.3 is 15.4 Å². The molecule has 0 unspecified atom stereocenters. The van der Waals surface area contributed by atoms with Gasteiger partial charge in [0, 0.05) is 42.1 Å². The molecule has 0 atom stereocenters. The predicted molar refractivity (Wildman–Crippen MR) is 118 cm³/mol. The fourth-order valence-electron chi connectivity index (χ4n) is 3.52. The maximum atomic E-state index is 14.1. The maximum Gasteiger partial charge on any atom is 0.458 e. The van der Waals surface area contributed by atoms with Crippen LogP contribution in [-0.4, -0.2) is 34.5 Å². The number of hydrogen-bond donors (Lipinski definition) is 2. The normalized spacial score (nSPS) is 15.5. The van der Waals surface area contributed by atoms with E-state index in [4.69, 9.17) is 17.0 Å². The Morgan fingerprint density at radius 2 is 1.82 bits per heavy atom. The number of thiocarbonyl (C=S) groups is 1. The van der Waals surface area contributed by atoms with E-state index in [0.29, 0.717) is 23.3 Å². The number of hydrogen-bond acceptors (Lipinski definition) is 3. The van der Waals surface area contributed by atoms with Crippen LogP contribution in [0.2, 0.25) is 0 Å². The summed E-state index contributed by atoms with van der Waals surface area (Å²) in [6, 6.07) is 6.77. The molecule has 0 amide bonds. The van der Waals surface area contributed by atoms with Crippen molar-refractivity contribution in [2.75, 3.05) is 13.1 Å². The van der Waals surface area contributed by atoms with E-state index in [1.165, 1.54) is 22.9 Å². The third kappa shape index (κ3) is 4.73. The lowest BCUT2D eigenvalue weighted by atomic mass is 9.88. The highest BCUT2D eigenvalue weighted by Gasteiger charge is 2.59. The fourth-order valence-corrected chi connectivity index (χ4v) is 3.74. The third-order valence-electron chi connectivity index (χ3n) is 5.16. The van der Waals surface area contributed by atoms with E-state index >= 15 is 0 Å². The van der Waals surface area contributed by atoms with Gasteiger partial charge in [-0.1, -0.05) is 6.07 Å². The highest BCUT2D eigenvalue weighted by atomic mass is 32.1. The molecule has 0 aliphatic carbocycles. The zero-order valence-electron chi connectivity index (χ0n) is 18.0. The first-order chi connectivity index (χ1) is 15.3. The predicted octanol–water partition coefficient (Wildman–Crippen LogP) is 4.42. The summed E-state index contributed by atoms with van der Waals surface area (Å²) in [6.07, 6.45) is -4.37. The summed E-state index contributed by atoms with van der Waals surface area (Å²) in [5.41, 5.74) is -2.25. The van der Waals surface area contributed by atoms with Gasteiger partial charge in [-0.3, -0.25) is 9.36 Å². The molecule has 3 rings (SSSR count). The molecule has 0 radical (unpaired) electrons. The van der Waals surface area contributed by atoms with Crippen molar-refractivity contribution in [1.29, 1.82) is 0 Å². The van der Waals surface area contributed by atoms with Gasteiger partial charge in [0.05, 0.1) is 5.70 Å². The molecular weight excluding hydrogens is 465 g/mol. The minimum atomic E-state index is -5.79. The van der Waals surface area contributed by atoms with Crippen LogP contribution in [0.5, 0.6) is 5.75 Å². The maximum absolute atomic E-state index is 14.1. The summed E-state index contributed by atoms with van der Waals surface area (Å²) < 4.78 is 74.6. The van der Waals surface area contributed by atoms with Crippen LogP contribution in [0.3, 0.4) is 0 Å². The quantitative estimate of drug-likeness (QED) is 0.483. The molecule has 1 aliphatic heterocycles. The van der Waals surface area contributed by atoms with E-state index in [2.05, 4.69) is 10.6 Å². The van der Waals surface area contributed by atoms with E-state index in [0.717, 1.165) is 12.1 Å². The zero-order chi connectivity index (χ0) is 24.6. The van der Waals surface area contributed by atoms with E-state index < -0.39 is 28.8 Å². The molecule has 0 saturated heterocycles. The van der Waals surface area contributed by atoms with E-state index in [9.17, 15) is 26.7 Å². The number of fused-ring (bicyclic) bond motifs is 1. The number of ether oxygens (including phenoxy) is 1. The first-order valence-electron chi connectivity index (χ1n) is 10.0. The van der Waals surface area contributed by atoms with Crippen LogP contribution in [0.15, 0.2) is 53.0 Å². The Morgan fingerprint density at radius 3 is 2.42 bits per heavy atom. The lowest BCUT2D eigenvalue weighted by Crippen LogP contribution is -2.44. The molecule has 11 heteroatoms. The van der Waals surface area contributed by atoms with Crippen molar-refractivity contribution >= 4 is 23.0 Å². The summed E-state index contributed by atoms with van der Waals surface area (Å²) in [7, 11) is 0. The topological polar surface area (TPSA) is 55.3 Å². The fraction of sp³-hybridized carbons (Fsp3) is 0.364. The average Bonchev–Trinajstić information content (AvgIpc) is 2.71. The second kappa shape index (κ2) is 8.77. The molecule has 178 valence electrons. The number of nitrogens with zero attached hydrogens (tertiary/aromatic N) is 1. The Labute approximate surface area is 192 Å². The Kier molecular flexibility index (Phi) is 6.56. The molecule has 0 fully saturated rings. The number of rotatable bonds is 5. The molecule has 1 aromatic carbocycles. The number of benzene rings is 1. The second-order valence-corrected chi connectivity index (χ2v) is 8.25. The van der Waals surface area contributed by atoms with Crippen LogP contribution in [0.4, 0.5) is 22.0 Å². The first-order valence-corrected chi connectivity index (χ1v) is 10.4. The van der Waals surface area contributed by atoms with Crippen molar-refractivity contribution in [3.63, 3.8) is 0 Å². The molecule has 0 bridgehead atoms. The van der Waals surface area contributed by atoms with Crippen molar-refractivity contribution in [3.8, 4) is 5.75 Å². The van der Waals surface area contributed by atoms with Gasteiger partial charge in [0.25, 0.3) is 5.56 Å². The summed E-state index contributed by atoms with van der Waals surface area (Å²) in [4.78, 5) is 12.7. The van der Waals surface area contributed by atoms with Crippen molar-refractivity contribution in [3.05, 3.63) is 69.6 Å². The van der Waals surface area contributed by atoms with Gasteiger partial charge in [-0.25, -0.2) is 0 Å². The minimum Gasteiger partial charge on any atom is -0.483 e. The van der Waals surface area contributed by atoms with Crippen molar-refractivity contribution in [2.45, 2.75) is 38.5 Å². The van der Waals surface area contributed by atoms with E-state index in [1.54, 1.807) is 19.9 Å². The molecule has 0 saturated carbocycles. The number of alkyl halides is 5. The Bertz CT molecular complexity index is 1160. The standard InChI is InChI=1S/C22H22F5N3O2S/c1-4-28-19(33)29-12-15-18(30-10-6-5-7-17(30)31)14-11-13(21(23,24)22(25,26)27)8-9-16(14)32-20(15,2)3/h5-11H,4,12H2,1-3H3,(H2,28,29,33). The number of pyridine rings is 1. The molecule has 0 spiro atoms. The van der Waals surface area contributed by atoms with E-state index in [1.807, 2.05) is 6.92 Å². The summed E-state index contributed by atoms with van der Waals surface area (Å²) in [5.74, 6) is -5.02. The van der Waals surface area contributed by atoms with Crippen LogP contribution in [-0.2, 0) is 5.92 Å². The van der Waals surface area contributed by atoms with Gasteiger partial charge in [-0.15, -0.1) is 0 Å². The van der Waals surface area contributed by atoms with Crippen LogP contribution >= 0.6 is 12.2 Å². The third-order valence-corrected chi connectivity index (χ3v) is 5.45. The van der Waals surface area contributed by atoms with Gasteiger partial charge >= 0.3 is 12.1 Å². The molecule has 2 N–H and O–H groups in total.